The molecule has 2 heterocycles. The number of rotatable bonds is 7. The maximum absolute atomic E-state index is 12.1. The summed E-state index contributed by atoms with van der Waals surface area (Å²) in [6.07, 6.45) is 13.0. The number of amides is 2. The molecule has 1 fully saturated rings. The van der Waals surface area contributed by atoms with Gasteiger partial charge < -0.3 is 20.9 Å². The van der Waals surface area contributed by atoms with Crippen LogP contribution in [-0.2, 0) is 0 Å². The van der Waals surface area contributed by atoms with Gasteiger partial charge in [-0.25, -0.2) is 9.79 Å². The van der Waals surface area contributed by atoms with E-state index < -0.39 is 0 Å². The molecule has 0 spiro atoms. The number of carbonyl (C=O) groups is 1. The summed E-state index contributed by atoms with van der Waals surface area (Å²) in [5, 5.41) is 3.01. The van der Waals surface area contributed by atoms with Gasteiger partial charge in [0.25, 0.3) is 0 Å². The van der Waals surface area contributed by atoms with Crippen LogP contribution in [0.25, 0.3) is 0 Å². The lowest BCUT2D eigenvalue weighted by molar-refractivity contribution is 0.208. The number of amidine groups is 1. The Balaban J connectivity index is 1.74. The summed E-state index contributed by atoms with van der Waals surface area (Å²) in [6.45, 7) is 6.27. The molecule has 1 atom stereocenters. The topological polar surface area (TPSA) is 74.0 Å². The van der Waals surface area contributed by atoms with Crippen LogP contribution < -0.4 is 11.1 Å². The van der Waals surface area contributed by atoms with Crippen molar-refractivity contribution >= 4 is 11.9 Å². The van der Waals surface area contributed by atoms with E-state index >= 15 is 0 Å². The molecular weight excluding hydrogens is 302 g/mol. The van der Waals surface area contributed by atoms with Crippen molar-refractivity contribution in [2.24, 2.45) is 10.7 Å². The first-order valence-corrected chi connectivity index (χ1v) is 9.12. The highest BCUT2D eigenvalue weighted by atomic mass is 16.2. The zero-order chi connectivity index (χ0) is 17.2. The lowest BCUT2D eigenvalue weighted by Gasteiger charge is -2.25. The third kappa shape index (κ3) is 6.00. The molecule has 0 radical (unpaired) electrons. The fraction of sp³-hybridized carbons (Fsp3) is 0.667. The van der Waals surface area contributed by atoms with Gasteiger partial charge in [0, 0.05) is 51.4 Å². The average Bonchev–Trinajstić information content (AvgIpc) is 2.85. The first kappa shape index (κ1) is 18.5. The van der Waals surface area contributed by atoms with Crippen LogP contribution in [0.5, 0.6) is 0 Å². The number of nitrogens with zero attached hydrogens (tertiary/aromatic N) is 3. The number of nitrogens with two attached hydrogens (primary N) is 1. The van der Waals surface area contributed by atoms with E-state index in [1.807, 2.05) is 23.3 Å². The maximum Gasteiger partial charge on any atom is 0.317 e. The molecule has 6 heteroatoms. The van der Waals surface area contributed by atoms with Gasteiger partial charge in [-0.2, -0.15) is 0 Å². The number of hydrogen-bond donors (Lipinski definition) is 2. The third-order valence-electron chi connectivity index (χ3n) is 4.40. The maximum atomic E-state index is 12.1. The molecule has 134 valence electrons. The number of likely N-dealkylation sites (tertiary alicyclic amines) is 1. The summed E-state index contributed by atoms with van der Waals surface area (Å²) in [7, 11) is 0. The van der Waals surface area contributed by atoms with Crippen molar-refractivity contribution in [3.63, 3.8) is 0 Å². The Hall–Kier alpha value is -1.82. The number of nitrogens with one attached hydrogen (secondary N) is 1. The van der Waals surface area contributed by atoms with Crippen LogP contribution in [0.15, 0.2) is 29.4 Å². The first-order valence-electron chi connectivity index (χ1n) is 9.12. The van der Waals surface area contributed by atoms with Gasteiger partial charge in [0.15, 0.2) is 0 Å². The molecule has 1 saturated heterocycles. The number of urea groups is 1. The summed E-state index contributed by atoms with van der Waals surface area (Å²) in [5.41, 5.74) is 5.85. The SMILES string of the molecule is CCCCN(CCCNC(=O)N1CCC(N)C1)C1=NC=CC=CC1. The van der Waals surface area contributed by atoms with E-state index in [9.17, 15) is 4.79 Å². The zero-order valence-corrected chi connectivity index (χ0v) is 14.8. The monoisotopic (exact) mass is 333 g/mol. The molecule has 6 nitrogen and oxygen atoms in total. The predicted octanol–water partition coefficient (Wildman–Crippen LogP) is 2.09. The first-order chi connectivity index (χ1) is 11.7. The molecule has 0 bridgehead atoms. The Kier molecular flexibility index (Phi) is 7.82. The molecule has 2 aliphatic heterocycles. The molecular formula is C18H31N5O. The van der Waals surface area contributed by atoms with Gasteiger partial charge in [0.05, 0.1) is 0 Å². The number of aliphatic imine (C=N–C) groups is 1. The van der Waals surface area contributed by atoms with Crippen LogP contribution in [0.4, 0.5) is 4.79 Å². The van der Waals surface area contributed by atoms with Crippen molar-refractivity contribution in [1.82, 2.24) is 15.1 Å². The lowest BCUT2D eigenvalue weighted by atomic mass is 10.2. The Bertz CT molecular complexity index is 486. The number of unbranched alkanes of at least 4 members (excludes halogenated alkanes) is 1. The summed E-state index contributed by atoms with van der Waals surface area (Å²) in [5.74, 6) is 1.12. The van der Waals surface area contributed by atoms with Gasteiger partial charge in [0.2, 0.25) is 0 Å². The van der Waals surface area contributed by atoms with Gasteiger partial charge in [0.1, 0.15) is 5.84 Å². The predicted molar refractivity (Wildman–Crippen MR) is 99.0 cm³/mol. The standard InChI is InChI=1S/C18H31N5O/c1-2-3-12-22(17-8-5-4-6-10-20-17)13-7-11-21-18(24)23-14-9-16(19)15-23/h4-6,10,16H,2-3,7-9,11-15,19H2,1H3,(H,21,24). The van der Waals surface area contributed by atoms with E-state index in [1.54, 1.807) is 0 Å². The summed E-state index contributed by atoms with van der Waals surface area (Å²) >= 11 is 0. The van der Waals surface area contributed by atoms with E-state index in [0.717, 1.165) is 51.2 Å². The van der Waals surface area contributed by atoms with Crippen LogP contribution in [0.1, 0.15) is 39.0 Å². The largest absolute Gasteiger partial charge is 0.360 e. The minimum absolute atomic E-state index is 0.0146. The van der Waals surface area contributed by atoms with Gasteiger partial charge in [-0.3, -0.25) is 0 Å². The molecule has 0 aromatic rings. The van der Waals surface area contributed by atoms with Crippen molar-refractivity contribution in [1.29, 1.82) is 0 Å². The van der Waals surface area contributed by atoms with Crippen LogP contribution in [0.2, 0.25) is 0 Å². The molecule has 2 amide bonds. The van der Waals surface area contributed by atoms with Crippen molar-refractivity contribution in [3.05, 3.63) is 24.4 Å². The molecule has 0 aliphatic carbocycles. The van der Waals surface area contributed by atoms with Crippen molar-refractivity contribution in [2.75, 3.05) is 32.7 Å². The second-order valence-electron chi connectivity index (χ2n) is 6.44. The highest BCUT2D eigenvalue weighted by Gasteiger charge is 2.23. The van der Waals surface area contributed by atoms with Gasteiger partial charge in [-0.15, -0.1) is 0 Å². The van der Waals surface area contributed by atoms with E-state index in [0.29, 0.717) is 13.1 Å². The van der Waals surface area contributed by atoms with Gasteiger partial charge in [-0.05, 0) is 25.3 Å². The van der Waals surface area contributed by atoms with Crippen molar-refractivity contribution < 1.29 is 4.79 Å². The summed E-state index contributed by atoms with van der Waals surface area (Å²) in [6, 6.07) is 0.148. The van der Waals surface area contributed by atoms with Crippen LogP contribution in [-0.4, -0.2) is 60.4 Å². The van der Waals surface area contributed by atoms with Gasteiger partial charge >= 0.3 is 6.03 Å². The number of hydrogen-bond acceptors (Lipinski definition) is 4. The van der Waals surface area contributed by atoms with Gasteiger partial charge in [-0.1, -0.05) is 25.5 Å². The average molecular weight is 333 g/mol. The summed E-state index contributed by atoms with van der Waals surface area (Å²) in [4.78, 5) is 20.8. The fourth-order valence-corrected chi connectivity index (χ4v) is 2.96. The third-order valence-corrected chi connectivity index (χ3v) is 4.40. The molecule has 1 unspecified atom stereocenters. The highest BCUT2D eigenvalue weighted by Crippen LogP contribution is 2.08. The molecule has 3 N–H and O–H groups in total. The minimum atomic E-state index is 0.0146. The summed E-state index contributed by atoms with van der Waals surface area (Å²) < 4.78 is 0. The lowest BCUT2D eigenvalue weighted by Crippen LogP contribution is -2.41. The fourth-order valence-electron chi connectivity index (χ4n) is 2.96. The number of carbonyl (C=O) groups excluding carboxylic acids is 1. The van der Waals surface area contributed by atoms with E-state index in [2.05, 4.69) is 28.2 Å². The second-order valence-corrected chi connectivity index (χ2v) is 6.44. The molecule has 0 saturated carbocycles. The van der Waals surface area contributed by atoms with Crippen molar-refractivity contribution in [2.45, 2.75) is 45.1 Å². The smallest absolute Gasteiger partial charge is 0.317 e. The Morgan fingerprint density at radius 3 is 3.00 bits per heavy atom. The van der Waals surface area contributed by atoms with Crippen LogP contribution in [0, 0.1) is 0 Å². The molecule has 0 aromatic heterocycles. The Morgan fingerprint density at radius 1 is 1.42 bits per heavy atom. The van der Waals surface area contributed by atoms with E-state index in [-0.39, 0.29) is 12.1 Å². The Labute approximate surface area is 145 Å². The normalized spacial score (nSPS) is 20.0. The quantitative estimate of drug-likeness (QED) is 0.701. The Morgan fingerprint density at radius 2 is 2.25 bits per heavy atom. The highest BCUT2D eigenvalue weighted by molar-refractivity contribution is 5.84. The minimum Gasteiger partial charge on any atom is -0.360 e. The van der Waals surface area contributed by atoms with Crippen LogP contribution >= 0.6 is 0 Å². The zero-order valence-electron chi connectivity index (χ0n) is 14.8. The molecule has 0 aromatic carbocycles. The van der Waals surface area contributed by atoms with Crippen molar-refractivity contribution in [3.8, 4) is 0 Å². The number of allylic oxidation sites excluding steroid dienone is 2. The van der Waals surface area contributed by atoms with E-state index in [1.165, 1.54) is 6.42 Å². The second kappa shape index (κ2) is 10.1. The van der Waals surface area contributed by atoms with Crippen LogP contribution in [0.3, 0.4) is 0 Å². The molecule has 2 rings (SSSR count). The molecule has 24 heavy (non-hydrogen) atoms. The molecule has 2 aliphatic rings. The van der Waals surface area contributed by atoms with E-state index in [4.69, 9.17) is 5.73 Å².